The quantitative estimate of drug-likeness (QED) is 0.497. The van der Waals surface area contributed by atoms with E-state index in [9.17, 15) is 13.2 Å². The predicted molar refractivity (Wildman–Crippen MR) is 65.9 cm³/mol. The Bertz CT molecular complexity index is 458. The second-order valence-electron chi connectivity index (χ2n) is 3.34. The molecule has 0 atom stereocenters. The molecule has 0 spiro atoms. The molecule has 0 aliphatic heterocycles. The Labute approximate surface area is 110 Å². The molecule has 0 unspecified atom stereocenters. The minimum absolute atomic E-state index is 0.0344. The monoisotopic (exact) mass is 328 g/mol. The van der Waals surface area contributed by atoms with Crippen LogP contribution in [0.15, 0.2) is 21.6 Å². The van der Waals surface area contributed by atoms with Crippen LogP contribution >= 0.6 is 27.5 Å². The molecular weight excluding hydrogens is 320 g/mol. The van der Waals surface area contributed by atoms with E-state index in [0.717, 1.165) is 12.1 Å². The summed E-state index contributed by atoms with van der Waals surface area (Å²) in [7, 11) is 0. The summed E-state index contributed by atoms with van der Waals surface area (Å²) in [5.74, 6) is 0.0359. The molecule has 0 saturated heterocycles. The first-order valence-corrected chi connectivity index (χ1v) is 5.84. The summed E-state index contributed by atoms with van der Waals surface area (Å²) < 4.78 is 38.0. The Balaban J connectivity index is 3.35. The molecule has 0 bridgehead atoms. The fourth-order valence-corrected chi connectivity index (χ4v) is 1.64. The lowest BCUT2D eigenvalue weighted by atomic mass is 10.1. The number of halogens is 5. The fourth-order valence-electron chi connectivity index (χ4n) is 1.13. The van der Waals surface area contributed by atoms with Gasteiger partial charge < -0.3 is 5.73 Å². The SMILES string of the molecule is Cc1c(Br)cc(C(F)(F)F)cc1N=C(N)CCl. The molecule has 1 aromatic carbocycles. The van der Waals surface area contributed by atoms with Crippen molar-refractivity contribution in [1.82, 2.24) is 0 Å². The van der Waals surface area contributed by atoms with E-state index < -0.39 is 11.7 Å². The molecule has 94 valence electrons. The van der Waals surface area contributed by atoms with E-state index >= 15 is 0 Å². The van der Waals surface area contributed by atoms with E-state index in [1.165, 1.54) is 0 Å². The van der Waals surface area contributed by atoms with Gasteiger partial charge in [0.2, 0.25) is 0 Å². The van der Waals surface area contributed by atoms with Gasteiger partial charge in [0.25, 0.3) is 0 Å². The molecule has 0 heterocycles. The third-order valence-corrected chi connectivity index (χ3v) is 3.14. The maximum absolute atomic E-state index is 12.6. The van der Waals surface area contributed by atoms with Gasteiger partial charge in [-0.2, -0.15) is 13.2 Å². The lowest BCUT2D eigenvalue weighted by Gasteiger charge is -2.11. The van der Waals surface area contributed by atoms with Gasteiger partial charge in [0.05, 0.1) is 17.1 Å². The smallest absolute Gasteiger partial charge is 0.386 e. The highest BCUT2D eigenvalue weighted by Gasteiger charge is 2.31. The van der Waals surface area contributed by atoms with Crippen LogP contribution in [0.2, 0.25) is 0 Å². The van der Waals surface area contributed by atoms with Crippen LogP contribution in [-0.2, 0) is 6.18 Å². The van der Waals surface area contributed by atoms with Crippen LogP contribution in [0.1, 0.15) is 11.1 Å². The van der Waals surface area contributed by atoms with E-state index in [1.54, 1.807) is 6.92 Å². The van der Waals surface area contributed by atoms with Gasteiger partial charge in [-0.05, 0) is 24.6 Å². The minimum atomic E-state index is -4.42. The second-order valence-corrected chi connectivity index (χ2v) is 4.46. The number of nitrogens with zero attached hydrogens (tertiary/aromatic N) is 1. The van der Waals surface area contributed by atoms with E-state index in [4.69, 9.17) is 17.3 Å². The molecule has 0 amide bonds. The van der Waals surface area contributed by atoms with Gasteiger partial charge in [-0.3, -0.25) is 0 Å². The Morgan fingerprint density at radius 3 is 2.53 bits per heavy atom. The summed E-state index contributed by atoms with van der Waals surface area (Å²) >= 11 is 8.49. The minimum Gasteiger partial charge on any atom is -0.386 e. The number of aliphatic imine (C=N–C) groups is 1. The van der Waals surface area contributed by atoms with Gasteiger partial charge in [-0.15, -0.1) is 11.6 Å². The van der Waals surface area contributed by atoms with Crippen molar-refractivity contribution in [2.75, 3.05) is 5.88 Å². The van der Waals surface area contributed by atoms with Crippen molar-refractivity contribution in [3.63, 3.8) is 0 Å². The first kappa shape index (κ1) is 14.3. The summed E-state index contributed by atoms with van der Waals surface area (Å²) in [6.45, 7) is 1.64. The Morgan fingerprint density at radius 1 is 1.47 bits per heavy atom. The molecule has 0 aromatic heterocycles. The molecule has 1 aromatic rings. The molecule has 0 saturated carbocycles. The van der Waals surface area contributed by atoms with Crippen LogP contribution in [0.3, 0.4) is 0 Å². The van der Waals surface area contributed by atoms with Gasteiger partial charge in [-0.25, -0.2) is 4.99 Å². The standard InChI is InChI=1S/C10H9BrClF3N2/c1-5-7(11)2-6(10(13,14)15)3-8(5)17-9(16)4-12/h2-3H,4H2,1H3,(H2,16,17). The maximum atomic E-state index is 12.6. The van der Waals surface area contributed by atoms with Crippen molar-refractivity contribution < 1.29 is 13.2 Å². The largest absolute Gasteiger partial charge is 0.416 e. The first-order valence-electron chi connectivity index (χ1n) is 4.52. The summed E-state index contributed by atoms with van der Waals surface area (Å²) in [5, 5.41) is 0. The molecule has 0 radical (unpaired) electrons. The molecule has 0 aliphatic carbocycles. The lowest BCUT2D eigenvalue weighted by molar-refractivity contribution is -0.137. The summed E-state index contributed by atoms with van der Waals surface area (Å²) in [4.78, 5) is 3.84. The highest BCUT2D eigenvalue weighted by atomic mass is 79.9. The van der Waals surface area contributed by atoms with E-state index in [2.05, 4.69) is 20.9 Å². The predicted octanol–water partition coefficient (Wildman–Crippen LogP) is 4.00. The summed E-state index contributed by atoms with van der Waals surface area (Å²) in [6, 6.07) is 1.95. The molecule has 17 heavy (non-hydrogen) atoms. The number of amidine groups is 1. The summed E-state index contributed by atoms with van der Waals surface area (Å²) in [5.41, 5.74) is 5.36. The highest BCUT2D eigenvalue weighted by Crippen LogP contribution is 2.36. The van der Waals surface area contributed by atoms with Gasteiger partial charge in [0, 0.05) is 4.47 Å². The van der Waals surface area contributed by atoms with Crippen molar-refractivity contribution in [3.05, 3.63) is 27.7 Å². The number of benzene rings is 1. The number of rotatable bonds is 2. The fraction of sp³-hybridized carbons (Fsp3) is 0.300. The van der Waals surface area contributed by atoms with Gasteiger partial charge in [-0.1, -0.05) is 15.9 Å². The Kier molecular flexibility index (Phi) is 4.43. The van der Waals surface area contributed by atoms with E-state index in [1.807, 2.05) is 0 Å². The number of alkyl halides is 4. The average Bonchev–Trinajstić information content (AvgIpc) is 2.22. The topological polar surface area (TPSA) is 38.4 Å². The third-order valence-electron chi connectivity index (χ3n) is 2.05. The lowest BCUT2D eigenvalue weighted by Crippen LogP contribution is -2.12. The van der Waals surface area contributed by atoms with Crippen LogP contribution < -0.4 is 5.73 Å². The maximum Gasteiger partial charge on any atom is 0.416 e. The molecular formula is C10H9BrClF3N2. The number of hydrogen-bond donors (Lipinski definition) is 1. The molecule has 2 N–H and O–H groups in total. The van der Waals surface area contributed by atoms with Crippen LogP contribution in [0.4, 0.5) is 18.9 Å². The van der Waals surface area contributed by atoms with Gasteiger partial charge >= 0.3 is 6.18 Å². The van der Waals surface area contributed by atoms with Crippen molar-refractivity contribution in [3.8, 4) is 0 Å². The van der Waals surface area contributed by atoms with Crippen LogP contribution in [-0.4, -0.2) is 11.7 Å². The molecule has 0 fully saturated rings. The van der Waals surface area contributed by atoms with E-state index in [-0.39, 0.29) is 17.4 Å². The normalized spacial score (nSPS) is 12.9. The molecule has 2 nitrogen and oxygen atoms in total. The van der Waals surface area contributed by atoms with Crippen molar-refractivity contribution in [2.24, 2.45) is 10.7 Å². The van der Waals surface area contributed by atoms with Crippen LogP contribution in [0.5, 0.6) is 0 Å². The second kappa shape index (κ2) is 5.27. The van der Waals surface area contributed by atoms with Crippen molar-refractivity contribution in [2.45, 2.75) is 13.1 Å². The number of hydrogen-bond acceptors (Lipinski definition) is 1. The van der Waals surface area contributed by atoms with Crippen LogP contribution in [0.25, 0.3) is 0 Å². The van der Waals surface area contributed by atoms with E-state index in [0.29, 0.717) is 10.0 Å². The number of nitrogens with two attached hydrogens (primary N) is 1. The molecule has 0 aliphatic rings. The van der Waals surface area contributed by atoms with Gasteiger partial charge in [0.1, 0.15) is 5.84 Å². The third kappa shape index (κ3) is 3.61. The van der Waals surface area contributed by atoms with Crippen molar-refractivity contribution in [1.29, 1.82) is 0 Å². The Hall–Kier alpha value is -0.750. The first-order chi connectivity index (χ1) is 7.75. The average molecular weight is 330 g/mol. The van der Waals surface area contributed by atoms with Crippen LogP contribution in [0, 0.1) is 6.92 Å². The van der Waals surface area contributed by atoms with Crippen molar-refractivity contribution >= 4 is 39.1 Å². The molecule has 7 heteroatoms. The zero-order valence-corrected chi connectivity index (χ0v) is 11.1. The molecule has 1 rings (SSSR count). The van der Waals surface area contributed by atoms with Gasteiger partial charge in [0.15, 0.2) is 0 Å². The zero-order chi connectivity index (χ0) is 13.2. The highest BCUT2D eigenvalue weighted by molar-refractivity contribution is 9.10. The Morgan fingerprint density at radius 2 is 2.06 bits per heavy atom. The zero-order valence-electron chi connectivity index (χ0n) is 8.78. The summed E-state index contributed by atoms with van der Waals surface area (Å²) in [6.07, 6.45) is -4.42.